The molecule has 2 aliphatic heterocycles. The van der Waals surface area contributed by atoms with Crippen molar-refractivity contribution in [3.63, 3.8) is 0 Å². The average molecular weight is 365 g/mol. The van der Waals surface area contributed by atoms with Crippen molar-refractivity contribution in [2.75, 3.05) is 20.3 Å². The second-order valence-electron chi connectivity index (χ2n) is 6.28. The molecule has 0 saturated heterocycles. The first-order valence-electron chi connectivity index (χ1n) is 8.46. The van der Waals surface area contributed by atoms with Crippen LogP contribution in [0.5, 0.6) is 23.0 Å². The van der Waals surface area contributed by atoms with E-state index in [1.54, 1.807) is 6.07 Å². The van der Waals surface area contributed by atoms with Crippen LogP contribution in [-0.2, 0) is 11.3 Å². The topological polar surface area (TPSA) is 87.1 Å². The SMILES string of the molecule is COc1cc2c(-c3ccc4c(c3)OCCO4)c3c(nc2cc1O)COC3=O. The third-order valence-corrected chi connectivity index (χ3v) is 4.74. The minimum absolute atomic E-state index is 0.0178. The number of methoxy groups -OCH3 is 1. The molecule has 5 rings (SSSR count). The van der Waals surface area contributed by atoms with Gasteiger partial charge in [-0.05, 0) is 23.8 Å². The van der Waals surface area contributed by atoms with Crippen LogP contribution in [-0.4, -0.2) is 36.4 Å². The standard InChI is InChI=1S/C20H15NO6/c1-24-16-7-11-12(8-14(16)22)21-13-9-27-20(23)19(13)18(11)10-2-3-15-17(6-10)26-5-4-25-15/h2-3,6-8,22H,4-5,9H2,1H3. The maximum absolute atomic E-state index is 12.4. The normalized spacial score (nSPS) is 14.8. The largest absolute Gasteiger partial charge is 0.504 e. The second-order valence-corrected chi connectivity index (χ2v) is 6.28. The first kappa shape index (κ1) is 15.7. The zero-order valence-electron chi connectivity index (χ0n) is 14.4. The van der Waals surface area contributed by atoms with E-state index in [-0.39, 0.29) is 12.4 Å². The lowest BCUT2D eigenvalue weighted by atomic mass is 9.94. The number of carbonyl (C=O) groups excluding carboxylic acids is 1. The van der Waals surface area contributed by atoms with Crippen molar-refractivity contribution in [1.29, 1.82) is 0 Å². The zero-order valence-corrected chi connectivity index (χ0v) is 14.4. The van der Waals surface area contributed by atoms with Gasteiger partial charge in [0, 0.05) is 17.0 Å². The molecule has 0 fully saturated rings. The van der Waals surface area contributed by atoms with Gasteiger partial charge in [-0.25, -0.2) is 9.78 Å². The Balaban J connectivity index is 1.84. The highest BCUT2D eigenvalue weighted by Crippen LogP contribution is 2.43. The van der Waals surface area contributed by atoms with E-state index in [0.717, 1.165) is 5.56 Å². The van der Waals surface area contributed by atoms with Crippen LogP contribution in [0.25, 0.3) is 22.0 Å². The minimum Gasteiger partial charge on any atom is -0.504 e. The number of pyridine rings is 1. The highest BCUT2D eigenvalue weighted by molar-refractivity contribution is 6.09. The van der Waals surface area contributed by atoms with Crippen molar-refractivity contribution >= 4 is 16.9 Å². The summed E-state index contributed by atoms with van der Waals surface area (Å²) >= 11 is 0. The lowest BCUT2D eigenvalue weighted by Gasteiger charge is -2.20. The number of hydrogen-bond donors (Lipinski definition) is 1. The van der Waals surface area contributed by atoms with E-state index in [1.807, 2.05) is 18.2 Å². The van der Waals surface area contributed by atoms with Crippen LogP contribution in [0.1, 0.15) is 16.1 Å². The summed E-state index contributed by atoms with van der Waals surface area (Å²) in [5.74, 6) is 1.15. The summed E-state index contributed by atoms with van der Waals surface area (Å²) in [5.41, 5.74) is 2.96. The van der Waals surface area contributed by atoms with E-state index in [2.05, 4.69) is 4.98 Å². The van der Waals surface area contributed by atoms with Gasteiger partial charge in [-0.1, -0.05) is 6.07 Å². The number of aromatic nitrogens is 1. The molecule has 2 aromatic carbocycles. The molecule has 0 bridgehead atoms. The molecule has 27 heavy (non-hydrogen) atoms. The highest BCUT2D eigenvalue weighted by Gasteiger charge is 2.30. The second kappa shape index (κ2) is 5.77. The summed E-state index contributed by atoms with van der Waals surface area (Å²) in [6, 6.07) is 8.73. The van der Waals surface area contributed by atoms with E-state index in [9.17, 15) is 9.90 Å². The highest BCUT2D eigenvalue weighted by atomic mass is 16.6. The molecule has 0 aliphatic carbocycles. The van der Waals surface area contributed by atoms with Gasteiger partial charge in [0.2, 0.25) is 0 Å². The average Bonchev–Trinajstić information content (AvgIpc) is 3.05. The number of cyclic esters (lactones) is 1. The third kappa shape index (κ3) is 2.35. The van der Waals surface area contributed by atoms with E-state index >= 15 is 0 Å². The molecule has 0 saturated carbocycles. The number of hydrogen-bond acceptors (Lipinski definition) is 7. The number of phenolic OH excluding ortho intramolecular Hbond substituents is 1. The van der Waals surface area contributed by atoms with Gasteiger partial charge in [-0.3, -0.25) is 0 Å². The Morgan fingerprint density at radius 1 is 1.04 bits per heavy atom. The first-order valence-corrected chi connectivity index (χ1v) is 8.46. The molecule has 136 valence electrons. The molecule has 1 N–H and O–H groups in total. The van der Waals surface area contributed by atoms with Gasteiger partial charge in [0.1, 0.15) is 19.8 Å². The number of benzene rings is 2. The molecule has 0 radical (unpaired) electrons. The van der Waals surface area contributed by atoms with Gasteiger partial charge in [0.25, 0.3) is 0 Å². The zero-order chi connectivity index (χ0) is 18.5. The molecule has 0 unspecified atom stereocenters. The smallest absolute Gasteiger partial charge is 0.341 e. The van der Waals surface area contributed by atoms with Crippen LogP contribution < -0.4 is 14.2 Å². The number of carbonyl (C=O) groups is 1. The van der Waals surface area contributed by atoms with Crippen molar-refractivity contribution in [3.8, 4) is 34.1 Å². The molecule has 7 heteroatoms. The van der Waals surface area contributed by atoms with Crippen molar-refractivity contribution in [3.05, 3.63) is 41.6 Å². The number of rotatable bonds is 2. The predicted octanol–water partition coefficient (Wildman–Crippen LogP) is 3.06. The molecule has 0 amide bonds. The first-order chi connectivity index (χ1) is 13.2. The summed E-state index contributed by atoms with van der Waals surface area (Å²) in [4.78, 5) is 16.9. The molecular weight excluding hydrogens is 350 g/mol. The van der Waals surface area contributed by atoms with E-state index in [0.29, 0.717) is 58.2 Å². The number of nitrogens with zero attached hydrogens (tertiary/aromatic N) is 1. The van der Waals surface area contributed by atoms with Crippen LogP contribution in [0.3, 0.4) is 0 Å². The van der Waals surface area contributed by atoms with Gasteiger partial charge in [-0.2, -0.15) is 0 Å². The molecule has 2 aliphatic rings. The number of fused-ring (bicyclic) bond motifs is 3. The van der Waals surface area contributed by atoms with Crippen LogP contribution in [0, 0.1) is 0 Å². The fourth-order valence-electron chi connectivity index (χ4n) is 3.52. The van der Waals surface area contributed by atoms with Crippen LogP contribution >= 0.6 is 0 Å². The summed E-state index contributed by atoms with van der Waals surface area (Å²) in [6.07, 6.45) is 0. The molecular formula is C20H15NO6. The van der Waals surface area contributed by atoms with Gasteiger partial charge < -0.3 is 24.1 Å². The quantitative estimate of drug-likeness (QED) is 0.698. The summed E-state index contributed by atoms with van der Waals surface area (Å²) < 4.78 is 21.7. The monoisotopic (exact) mass is 365 g/mol. The fourth-order valence-corrected chi connectivity index (χ4v) is 3.52. The summed E-state index contributed by atoms with van der Waals surface area (Å²) in [6.45, 7) is 1.08. The van der Waals surface area contributed by atoms with Crippen LogP contribution in [0.4, 0.5) is 0 Å². The summed E-state index contributed by atoms with van der Waals surface area (Å²) in [5, 5.41) is 10.8. The lowest BCUT2D eigenvalue weighted by molar-refractivity contribution is 0.0534. The minimum atomic E-state index is -0.420. The van der Waals surface area contributed by atoms with Crippen LogP contribution in [0.2, 0.25) is 0 Å². The fraction of sp³-hybridized carbons (Fsp3) is 0.200. The van der Waals surface area contributed by atoms with Gasteiger partial charge in [-0.15, -0.1) is 0 Å². The number of esters is 1. The Hall–Kier alpha value is -3.48. The number of ether oxygens (including phenoxy) is 4. The van der Waals surface area contributed by atoms with Crippen molar-refractivity contribution in [2.45, 2.75) is 6.61 Å². The van der Waals surface area contributed by atoms with Gasteiger partial charge in [0.15, 0.2) is 23.0 Å². The molecule has 7 nitrogen and oxygen atoms in total. The maximum atomic E-state index is 12.4. The molecule has 3 heterocycles. The maximum Gasteiger partial charge on any atom is 0.341 e. The van der Waals surface area contributed by atoms with E-state index < -0.39 is 5.97 Å². The molecule has 0 atom stereocenters. The van der Waals surface area contributed by atoms with E-state index in [1.165, 1.54) is 13.2 Å². The lowest BCUT2D eigenvalue weighted by Crippen LogP contribution is -2.15. The Kier molecular flexibility index (Phi) is 3.36. The Bertz CT molecular complexity index is 1110. The Morgan fingerprint density at radius 3 is 2.67 bits per heavy atom. The summed E-state index contributed by atoms with van der Waals surface area (Å²) in [7, 11) is 1.47. The molecule has 3 aromatic rings. The Labute approximate surface area is 154 Å². The van der Waals surface area contributed by atoms with Crippen molar-refractivity contribution in [1.82, 2.24) is 4.98 Å². The number of phenols is 1. The molecule has 0 spiro atoms. The van der Waals surface area contributed by atoms with Gasteiger partial charge >= 0.3 is 5.97 Å². The van der Waals surface area contributed by atoms with Crippen LogP contribution in [0.15, 0.2) is 30.3 Å². The third-order valence-electron chi connectivity index (χ3n) is 4.74. The number of aromatic hydroxyl groups is 1. The van der Waals surface area contributed by atoms with E-state index in [4.69, 9.17) is 18.9 Å². The predicted molar refractivity (Wildman–Crippen MR) is 95.5 cm³/mol. The van der Waals surface area contributed by atoms with Gasteiger partial charge in [0.05, 0.1) is 23.9 Å². The van der Waals surface area contributed by atoms with Crippen molar-refractivity contribution in [2.24, 2.45) is 0 Å². The Morgan fingerprint density at radius 2 is 1.85 bits per heavy atom. The molecule has 1 aromatic heterocycles. The van der Waals surface area contributed by atoms with Crippen molar-refractivity contribution < 1.29 is 28.8 Å².